The minimum atomic E-state index is -4.81. The fourth-order valence-electron chi connectivity index (χ4n) is 2.67. The number of carbonyl (C=O) groups is 2. The maximum absolute atomic E-state index is 13.1. The summed E-state index contributed by atoms with van der Waals surface area (Å²) in [5, 5.41) is 21.2. The Bertz CT molecular complexity index is 1190. The molecule has 0 bridgehead atoms. The molecule has 2 unspecified atom stereocenters. The maximum atomic E-state index is 13.1. The van der Waals surface area contributed by atoms with Crippen LogP contribution < -0.4 is 16.2 Å². The summed E-state index contributed by atoms with van der Waals surface area (Å²) in [6.45, 7) is 1.21. The van der Waals surface area contributed by atoms with Gasteiger partial charge in [0.05, 0.1) is 28.2 Å². The summed E-state index contributed by atoms with van der Waals surface area (Å²) < 4.78 is 62.4. The standard InChI is InChI=1S/C20H19F3N4O5S/c1-11(28)17(25-14-6-3-13(10-24)16(9-14)20(21,22)23)19(30)27-26-18(29)12-4-7-15(8-5-12)33(2,31)32/h3-9,11,17,25,28H,1-2H3,(H,26,29)(H,27,30). The molecule has 0 aliphatic carbocycles. The van der Waals surface area contributed by atoms with Gasteiger partial charge in [-0.1, -0.05) is 0 Å². The number of rotatable bonds is 6. The molecule has 0 radical (unpaired) electrons. The molecule has 2 amide bonds. The Balaban J connectivity index is 2.12. The Morgan fingerprint density at radius 2 is 1.70 bits per heavy atom. The van der Waals surface area contributed by atoms with Crippen molar-refractivity contribution in [3.05, 3.63) is 59.2 Å². The number of hydrogen-bond acceptors (Lipinski definition) is 7. The lowest BCUT2D eigenvalue weighted by molar-refractivity contribution is -0.137. The molecule has 0 aliphatic rings. The van der Waals surface area contributed by atoms with Gasteiger partial charge in [-0.25, -0.2) is 8.42 Å². The third-order valence-corrected chi connectivity index (χ3v) is 5.50. The molecule has 0 spiro atoms. The molecule has 0 aliphatic heterocycles. The van der Waals surface area contributed by atoms with E-state index in [4.69, 9.17) is 5.26 Å². The fourth-order valence-corrected chi connectivity index (χ4v) is 3.30. The molecule has 176 valence electrons. The Morgan fingerprint density at radius 3 is 2.18 bits per heavy atom. The van der Waals surface area contributed by atoms with Gasteiger partial charge in [-0.05, 0) is 49.4 Å². The molecule has 33 heavy (non-hydrogen) atoms. The lowest BCUT2D eigenvalue weighted by Crippen LogP contribution is -2.52. The summed E-state index contributed by atoms with van der Waals surface area (Å²) in [5.41, 5.74) is 2.11. The Hall–Kier alpha value is -3.63. The molecule has 4 N–H and O–H groups in total. The normalized spacial score (nSPS) is 13.4. The molecular weight excluding hydrogens is 465 g/mol. The van der Waals surface area contributed by atoms with Crippen LogP contribution in [0.2, 0.25) is 0 Å². The van der Waals surface area contributed by atoms with E-state index in [1.165, 1.54) is 37.3 Å². The second-order valence-corrected chi connectivity index (χ2v) is 8.99. The predicted molar refractivity (Wildman–Crippen MR) is 110 cm³/mol. The average Bonchev–Trinajstić information content (AvgIpc) is 2.74. The quantitative estimate of drug-likeness (QED) is 0.455. The first kappa shape index (κ1) is 25.6. The van der Waals surface area contributed by atoms with Crippen LogP contribution in [0.25, 0.3) is 0 Å². The average molecular weight is 484 g/mol. The number of amides is 2. The van der Waals surface area contributed by atoms with Crippen LogP contribution in [0.3, 0.4) is 0 Å². The number of benzene rings is 2. The zero-order chi connectivity index (χ0) is 25.0. The monoisotopic (exact) mass is 484 g/mol. The molecular formula is C20H19F3N4O5S. The summed E-state index contributed by atoms with van der Waals surface area (Å²) in [5.74, 6) is -1.77. The minimum absolute atomic E-state index is 0.0119. The van der Waals surface area contributed by atoms with Gasteiger partial charge in [0.15, 0.2) is 9.84 Å². The van der Waals surface area contributed by atoms with Gasteiger partial charge < -0.3 is 10.4 Å². The zero-order valence-corrected chi connectivity index (χ0v) is 18.1. The smallest absolute Gasteiger partial charge is 0.391 e. The second-order valence-electron chi connectivity index (χ2n) is 6.97. The lowest BCUT2D eigenvalue weighted by Gasteiger charge is -2.22. The van der Waals surface area contributed by atoms with E-state index >= 15 is 0 Å². The molecule has 0 saturated heterocycles. The van der Waals surface area contributed by atoms with Crippen molar-refractivity contribution < 1.29 is 36.3 Å². The van der Waals surface area contributed by atoms with E-state index < -0.39 is 51.1 Å². The van der Waals surface area contributed by atoms with Crippen LogP contribution in [0, 0.1) is 11.3 Å². The summed E-state index contributed by atoms with van der Waals surface area (Å²) in [4.78, 5) is 24.6. The van der Waals surface area contributed by atoms with Crippen molar-refractivity contribution in [2.45, 2.75) is 30.1 Å². The Kier molecular flexibility index (Phi) is 7.68. The zero-order valence-electron chi connectivity index (χ0n) is 17.3. The highest BCUT2D eigenvalue weighted by atomic mass is 32.2. The maximum Gasteiger partial charge on any atom is 0.417 e. The molecule has 2 rings (SSSR count). The van der Waals surface area contributed by atoms with E-state index in [-0.39, 0.29) is 16.1 Å². The molecule has 0 heterocycles. The number of halogens is 3. The van der Waals surface area contributed by atoms with E-state index in [1.807, 2.05) is 5.43 Å². The third-order valence-electron chi connectivity index (χ3n) is 4.38. The SMILES string of the molecule is CC(O)C(Nc1ccc(C#N)c(C(F)(F)F)c1)C(=O)NNC(=O)c1ccc(S(C)(=O)=O)cc1. The first-order valence-electron chi connectivity index (χ1n) is 9.20. The van der Waals surface area contributed by atoms with E-state index in [9.17, 15) is 36.3 Å². The number of carbonyl (C=O) groups excluding carboxylic acids is 2. The van der Waals surface area contributed by atoms with Gasteiger partial charge >= 0.3 is 6.18 Å². The van der Waals surface area contributed by atoms with E-state index in [2.05, 4.69) is 10.7 Å². The number of sulfone groups is 1. The van der Waals surface area contributed by atoms with Gasteiger partial charge in [0.2, 0.25) is 0 Å². The Labute approximate surface area is 187 Å². The number of nitriles is 1. The van der Waals surface area contributed by atoms with Gasteiger partial charge in [0.1, 0.15) is 6.04 Å². The second kappa shape index (κ2) is 9.88. The van der Waals surface area contributed by atoms with Crippen molar-refractivity contribution in [3.8, 4) is 6.07 Å². The molecule has 2 atom stereocenters. The number of aliphatic hydroxyl groups excluding tert-OH is 1. The summed E-state index contributed by atoms with van der Waals surface area (Å²) in [7, 11) is -3.46. The minimum Gasteiger partial charge on any atom is -0.391 e. The van der Waals surface area contributed by atoms with Gasteiger partial charge in [0.25, 0.3) is 11.8 Å². The van der Waals surface area contributed by atoms with Crippen LogP contribution in [0.1, 0.15) is 28.4 Å². The van der Waals surface area contributed by atoms with Gasteiger partial charge in [-0.3, -0.25) is 20.4 Å². The summed E-state index contributed by atoms with van der Waals surface area (Å²) >= 11 is 0. The number of anilines is 1. The van der Waals surface area contributed by atoms with Crippen LogP contribution >= 0.6 is 0 Å². The van der Waals surface area contributed by atoms with Gasteiger partial charge in [-0.2, -0.15) is 18.4 Å². The van der Waals surface area contributed by atoms with Crippen molar-refractivity contribution >= 4 is 27.3 Å². The molecule has 2 aromatic carbocycles. The van der Waals surface area contributed by atoms with E-state index in [1.54, 1.807) is 0 Å². The number of aliphatic hydroxyl groups is 1. The lowest BCUT2D eigenvalue weighted by atomic mass is 10.1. The molecule has 13 heteroatoms. The summed E-state index contributed by atoms with van der Waals surface area (Å²) in [6.07, 6.45) is -5.20. The number of hydrazine groups is 1. The van der Waals surface area contributed by atoms with Gasteiger partial charge in [0, 0.05) is 17.5 Å². The van der Waals surface area contributed by atoms with Crippen LogP contribution in [0.4, 0.5) is 18.9 Å². The number of nitrogens with one attached hydrogen (secondary N) is 3. The van der Waals surface area contributed by atoms with Crippen molar-refractivity contribution in [1.82, 2.24) is 10.9 Å². The summed E-state index contributed by atoms with van der Waals surface area (Å²) in [6, 6.07) is 7.50. The van der Waals surface area contributed by atoms with Crippen LogP contribution in [-0.4, -0.2) is 43.7 Å². The highest BCUT2D eigenvalue weighted by Gasteiger charge is 2.34. The predicted octanol–water partition coefficient (Wildman–Crippen LogP) is 1.60. The third kappa shape index (κ3) is 6.67. The van der Waals surface area contributed by atoms with Crippen molar-refractivity contribution in [3.63, 3.8) is 0 Å². The Morgan fingerprint density at radius 1 is 1.09 bits per heavy atom. The number of nitrogens with zero attached hydrogens (tertiary/aromatic N) is 1. The molecule has 0 aromatic heterocycles. The number of hydrogen-bond donors (Lipinski definition) is 4. The van der Waals surface area contributed by atoms with Crippen molar-refractivity contribution in [1.29, 1.82) is 5.26 Å². The van der Waals surface area contributed by atoms with Crippen molar-refractivity contribution in [2.24, 2.45) is 0 Å². The first-order valence-corrected chi connectivity index (χ1v) is 11.1. The molecule has 0 saturated carbocycles. The van der Waals surface area contributed by atoms with Crippen LogP contribution in [0.15, 0.2) is 47.4 Å². The molecule has 0 fully saturated rings. The van der Waals surface area contributed by atoms with Crippen LogP contribution in [0.5, 0.6) is 0 Å². The fraction of sp³-hybridized carbons (Fsp3) is 0.250. The molecule has 9 nitrogen and oxygen atoms in total. The van der Waals surface area contributed by atoms with Crippen LogP contribution in [-0.2, 0) is 20.8 Å². The number of alkyl halides is 3. The highest BCUT2D eigenvalue weighted by Crippen LogP contribution is 2.33. The first-order chi connectivity index (χ1) is 15.2. The molecule has 2 aromatic rings. The van der Waals surface area contributed by atoms with Crippen molar-refractivity contribution in [2.75, 3.05) is 11.6 Å². The van der Waals surface area contributed by atoms with E-state index in [0.29, 0.717) is 6.07 Å². The van der Waals surface area contributed by atoms with E-state index in [0.717, 1.165) is 18.4 Å². The highest BCUT2D eigenvalue weighted by molar-refractivity contribution is 7.90. The largest absolute Gasteiger partial charge is 0.417 e. The topological polar surface area (TPSA) is 148 Å². The van der Waals surface area contributed by atoms with Gasteiger partial charge in [-0.15, -0.1) is 0 Å².